The van der Waals surface area contributed by atoms with Gasteiger partial charge in [-0.25, -0.2) is 4.79 Å². The number of esters is 1. The minimum Gasteiger partial charge on any atom is -0.466 e. The number of Topliss-reactive ketones (excluding diaryl/α,β-unsaturated/α-hetero) is 1. The average Bonchev–Trinajstić information content (AvgIpc) is 2.42. The van der Waals surface area contributed by atoms with Crippen molar-refractivity contribution in [3.8, 4) is 0 Å². The summed E-state index contributed by atoms with van der Waals surface area (Å²) in [5.41, 5.74) is 0.538. The monoisotopic (exact) mass is 268 g/mol. The van der Waals surface area contributed by atoms with Gasteiger partial charge < -0.3 is 9.47 Å². The molecule has 0 N–H and O–H groups in total. The fraction of sp³-hybridized carbons (Fsp3) is 0.500. The molecule has 1 atom stereocenters. The van der Waals surface area contributed by atoms with Crippen LogP contribution in [0.2, 0.25) is 0 Å². The summed E-state index contributed by atoms with van der Waals surface area (Å²) in [5.74, 6) is -0.551. The molecule has 0 aromatic heterocycles. The Bertz CT molecular complexity index is 368. The molecule has 0 bridgehead atoms. The molecule has 0 aliphatic heterocycles. The topological polar surface area (TPSA) is 69.7 Å². The van der Waals surface area contributed by atoms with Gasteiger partial charge in [-0.05, 0) is 17.7 Å². The summed E-state index contributed by atoms with van der Waals surface area (Å²) >= 11 is 0. The van der Waals surface area contributed by atoms with Crippen molar-refractivity contribution in [1.29, 1.82) is 0 Å². The second-order valence-corrected chi connectivity index (χ2v) is 3.97. The number of ether oxygens (including phenoxy) is 2. The average molecular weight is 268 g/mol. The summed E-state index contributed by atoms with van der Waals surface area (Å²) < 4.78 is 9.79. The van der Waals surface area contributed by atoms with Gasteiger partial charge in [-0.15, -0.1) is 0 Å². The maximum absolute atomic E-state index is 11.3. The van der Waals surface area contributed by atoms with Crippen LogP contribution >= 0.6 is 0 Å². The van der Waals surface area contributed by atoms with E-state index in [0.717, 1.165) is 0 Å². The SMILES string of the molecule is CCC(=O)[C@@H](C)COCC(/C=C/C(=O)OC)=C/C=O. The highest BCUT2D eigenvalue weighted by atomic mass is 16.5. The smallest absolute Gasteiger partial charge is 0.330 e. The van der Waals surface area contributed by atoms with Gasteiger partial charge in [-0.1, -0.05) is 13.8 Å². The lowest BCUT2D eigenvalue weighted by Crippen LogP contribution is -2.16. The van der Waals surface area contributed by atoms with Crippen LogP contribution in [0.1, 0.15) is 20.3 Å². The Morgan fingerprint density at radius 1 is 1.26 bits per heavy atom. The zero-order valence-corrected chi connectivity index (χ0v) is 11.5. The van der Waals surface area contributed by atoms with Crippen molar-refractivity contribution in [2.24, 2.45) is 5.92 Å². The first-order valence-electron chi connectivity index (χ1n) is 6.05. The minimum atomic E-state index is -0.508. The summed E-state index contributed by atoms with van der Waals surface area (Å²) in [7, 11) is 1.27. The van der Waals surface area contributed by atoms with Crippen LogP contribution in [-0.2, 0) is 23.9 Å². The third-order valence-electron chi connectivity index (χ3n) is 2.45. The molecule has 0 saturated carbocycles. The Labute approximate surface area is 113 Å². The highest BCUT2D eigenvalue weighted by Gasteiger charge is 2.10. The van der Waals surface area contributed by atoms with Crippen LogP contribution < -0.4 is 0 Å². The van der Waals surface area contributed by atoms with E-state index in [0.29, 0.717) is 18.3 Å². The molecule has 0 heterocycles. The first-order valence-corrected chi connectivity index (χ1v) is 6.05. The summed E-state index contributed by atoms with van der Waals surface area (Å²) in [4.78, 5) is 32.7. The summed E-state index contributed by atoms with van der Waals surface area (Å²) in [5, 5.41) is 0. The molecule has 19 heavy (non-hydrogen) atoms. The molecule has 0 aliphatic carbocycles. The number of hydrogen-bond donors (Lipinski definition) is 0. The molecule has 106 valence electrons. The maximum Gasteiger partial charge on any atom is 0.330 e. The second-order valence-electron chi connectivity index (χ2n) is 3.97. The molecule has 0 saturated heterocycles. The molecule has 5 heteroatoms. The van der Waals surface area contributed by atoms with Crippen LogP contribution in [-0.4, -0.2) is 38.4 Å². The highest BCUT2D eigenvalue weighted by Crippen LogP contribution is 2.04. The number of hydrogen-bond acceptors (Lipinski definition) is 5. The summed E-state index contributed by atoms with van der Waals surface area (Å²) in [6.07, 6.45) is 5.04. The molecule has 0 fully saturated rings. The predicted octanol–water partition coefficient (Wildman–Crippen LogP) is 1.47. The number of methoxy groups -OCH3 is 1. The maximum atomic E-state index is 11.3. The van der Waals surface area contributed by atoms with Crippen molar-refractivity contribution >= 4 is 18.0 Å². The number of ketones is 1. The van der Waals surface area contributed by atoms with Gasteiger partial charge in [-0.3, -0.25) is 9.59 Å². The van der Waals surface area contributed by atoms with Gasteiger partial charge in [0, 0.05) is 18.4 Å². The molecular weight excluding hydrogens is 248 g/mol. The van der Waals surface area contributed by atoms with E-state index in [1.54, 1.807) is 13.8 Å². The van der Waals surface area contributed by atoms with Crippen molar-refractivity contribution in [2.45, 2.75) is 20.3 Å². The van der Waals surface area contributed by atoms with E-state index in [4.69, 9.17) is 4.74 Å². The molecule has 0 aromatic rings. The van der Waals surface area contributed by atoms with E-state index >= 15 is 0 Å². The molecule has 0 rings (SSSR count). The van der Waals surface area contributed by atoms with Crippen LogP contribution in [0, 0.1) is 5.92 Å². The number of carbonyl (C=O) groups is 3. The van der Waals surface area contributed by atoms with Crippen LogP contribution in [0.4, 0.5) is 0 Å². The van der Waals surface area contributed by atoms with Crippen LogP contribution in [0.15, 0.2) is 23.8 Å². The predicted molar refractivity (Wildman–Crippen MR) is 70.6 cm³/mol. The fourth-order valence-electron chi connectivity index (χ4n) is 1.28. The lowest BCUT2D eigenvalue weighted by atomic mass is 10.1. The van der Waals surface area contributed by atoms with E-state index in [2.05, 4.69) is 4.74 Å². The molecule has 0 radical (unpaired) electrons. The van der Waals surface area contributed by atoms with Gasteiger partial charge >= 0.3 is 5.97 Å². The minimum absolute atomic E-state index is 0.131. The quantitative estimate of drug-likeness (QED) is 0.274. The van der Waals surface area contributed by atoms with Crippen molar-refractivity contribution < 1.29 is 23.9 Å². The van der Waals surface area contributed by atoms with E-state index in [1.165, 1.54) is 25.3 Å². The van der Waals surface area contributed by atoms with Gasteiger partial charge in [0.1, 0.15) is 12.1 Å². The Balaban J connectivity index is 4.27. The molecule has 5 nitrogen and oxygen atoms in total. The van der Waals surface area contributed by atoms with Gasteiger partial charge in [-0.2, -0.15) is 0 Å². The third-order valence-corrected chi connectivity index (χ3v) is 2.45. The molecule has 0 aliphatic rings. The first kappa shape index (κ1) is 17.2. The molecular formula is C14H20O5. The standard InChI is InChI=1S/C14H20O5/c1-4-13(16)11(2)9-19-10-12(7-8-15)5-6-14(17)18-3/h5-8,11H,4,9-10H2,1-3H3/b6-5+,12-7+/t11-/m0/s1. The van der Waals surface area contributed by atoms with Gasteiger partial charge in [0.2, 0.25) is 0 Å². The Morgan fingerprint density at radius 2 is 1.95 bits per heavy atom. The largest absolute Gasteiger partial charge is 0.466 e. The zero-order valence-electron chi connectivity index (χ0n) is 11.5. The number of carbonyl (C=O) groups excluding carboxylic acids is 3. The van der Waals surface area contributed by atoms with E-state index in [1.807, 2.05) is 0 Å². The lowest BCUT2D eigenvalue weighted by molar-refractivity contribution is -0.134. The molecule has 0 unspecified atom stereocenters. The van der Waals surface area contributed by atoms with E-state index in [-0.39, 0.29) is 24.9 Å². The van der Waals surface area contributed by atoms with Crippen molar-refractivity contribution in [2.75, 3.05) is 20.3 Å². The molecule has 0 amide bonds. The molecule has 0 spiro atoms. The summed E-state index contributed by atoms with van der Waals surface area (Å²) in [6.45, 7) is 4.04. The number of allylic oxidation sites excluding steroid dienone is 1. The van der Waals surface area contributed by atoms with E-state index < -0.39 is 5.97 Å². The zero-order chi connectivity index (χ0) is 14.7. The Kier molecular flexibility index (Phi) is 9.26. The van der Waals surface area contributed by atoms with Crippen LogP contribution in [0.5, 0.6) is 0 Å². The van der Waals surface area contributed by atoms with Crippen LogP contribution in [0.25, 0.3) is 0 Å². The number of aldehydes is 1. The lowest BCUT2D eigenvalue weighted by Gasteiger charge is -2.10. The Hall–Kier alpha value is -1.75. The van der Waals surface area contributed by atoms with Gasteiger partial charge in [0.05, 0.1) is 20.3 Å². The van der Waals surface area contributed by atoms with Gasteiger partial charge in [0.15, 0.2) is 0 Å². The van der Waals surface area contributed by atoms with Gasteiger partial charge in [0.25, 0.3) is 0 Å². The van der Waals surface area contributed by atoms with E-state index in [9.17, 15) is 14.4 Å². The highest BCUT2D eigenvalue weighted by molar-refractivity contribution is 5.82. The van der Waals surface area contributed by atoms with Crippen LogP contribution in [0.3, 0.4) is 0 Å². The Morgan fingerprint density at radius 3 is 2.47 bits per heavy atom. The summed E-state index contributed by atoms with van der Waals surface area (Å²) in [6, 6.07) is 0. The first-order chi connectivity index (χ1) is 9.04. The van der Waals surface area contributed by atoms with Crippen molar-refractivity contribution in [1.82, 2.24) is 0 Å². The number of rotatable bonds is 9. The molecule has 0 aromatic carbocycles. The van der Waals surface area contributed by atoms with Crippen molar-refractivity contribution in [3.05, 3.63) is 23.8 Å². The fourth-order valence-corrected chi connectivity index (χ4v) is 1.28. The normalized spacial score (nSPS) is 13.3. The third kappa shape index (κ3) is 8.05. The van der Waals surface area contributed by atoms with Crippen molar-refractivity contribution in [3.63, 3.8) is 0 Å². The second kappa shape index (κ2) is 10.2.